The third-order valence-corrected chi connectivity index (χ3v) is 8.26. The number of likely N-dealkylation sites (N-methyl/N-ethyl adjacent to an activating group) is 1. The van der Waals surface area contributed by atoms with Crippen molar-refractivity contribution in [3.63, 3.8) is 0 Å². The molecule has 1 aliphatic heterocycles. The Kier molecular flexibility index (Phi) is 8.21. The van der Waals surface area contributed by atoms with Crippen LogP contribution in [0.3, 0.4) is 0 Å². The number of hydrogen-bond donors (Lipinski definition) is 0. The first kappa shape index (κ1) is 26.5. The van der Waals surface area contributed by atoms with Gasteiger partial charge in [-0.05, 0) is 115 Å². The number of amidine groups is 1. The molecule has 0 radical (unpaired) electrons. The molecule has 192 valence electrons. The van der Waals surface area contributed by atoms with E-state index in [-0.39, 0.29) is 5.91 Å². The third-order valence-electron chi connectivity index (χ3n) is 6.07. The van der Waals surface area contributed by atoms with Gasteiger partial charge in [-0.25, -0.2) is 4.99 Å². The normalized spacial score (nSPS) is 15.6. The summed E-state index contributed by atoms with van der Waals surface area (Å²) in [5, 5.41) is 3.01. The van der Waals surface area contributed by atoms with Crippen LogP contribution >= 0.6 is 43.6 Å². The SMILES string of the molecule is CCN1C(=O)/C(=C\c2cc(Br)c(OCc3cccc4ccccc34)c(Br)c2)SC1=Nc1ccc(OC)cc1. The number of thioether (sulfide) groups is 1. The standard InChI is InChI=1S/C30H24Br2N2O3S/c1-3-34-29(35)27(38-30(34)33-22-11-13-23(36-2)14-12-22)17-19-15-25(31)28(26(32)16-19)37-18-21-9-6-8-20-7-4-5-10-24(20)21/h4-17H,3,18H2,1-2H3/b27-17+,33-30?. The summed E-state index contributed by atoms with van der Waals surface area (Å²) in [5.74, 6) is 1.41. The highest BCUT2D eigenvalue weighted by Crippen LogP contribution is 2.39. The molecule has 1 heterocycles. The van der Waals surface area contributed by atoms with Crippen molar-refractivity contribution < 1.29 is 14.3 Å². The molecule has 4 aromatic rings. The Morgan fingerprint density at radius 3 is 2.39 bits per heavy atom. The van der Waals surface area contributed by atoms with Gasteiger partial charge in [-0.2, -0.15) is 0 Å². The number of carbonyl (C=O) groups excluding carboxylic acids is 1. The highest BCUT2D eigenvalue weighted by Gasteiger charge is 2.32. The summed E-state index contributed by atoms with van der Waals surface area (Å²) in [7, 11) is 1.63. The zero-order chi connectivity index (χ0) is 26.6. The highest BCUT2D eigenvalue weighted by molar-refractivity contribution is 9.11. The van der Waals surface area contributed by atoms with Crippen LogP contribution in [0.25, 0.3) is 16.8 Å². The molecule has 8 heteroatoms. The summed E-state index contributed by atoms with van der Waals surface area (Å²) >= 11 is 8.69. The van der Waals surface area contributed by atoms with E-state index in [0.29, 0.717) is 29.0 Å². The second-order valence-corrected chi connectivity index (χ2v) is 11.2. The van der Waals surface area contributed by atoms with Gasteiger partial charge >= 0.3 is 0 Å². The van der Waals surface area contributed by atoms with E-state index in [0.717, 1.165) is 31.5 Å². The lowest BCUT2D eigenvalue weighted by Gasteiger charge is -2.13. The first-order valence-corrected chi connectivity index (χ1v) is 14.4. The van der Waals surface area contributed by atoms with Gasteiger partial charge < -0.3 is 9.47 Å². The number of halogens is 2. The molecule has 0 unspecified atom stereocenters. The van der Waals surface area contributed by atoms with Crippen molar-refractivity contribution in [2.45, 2.75) is 13.5 Å². The Hall–Kier alpha value is -3.07. The Morgan fingerprint density at radius 2 is 1.68 bits per heavy atom. The summed E-state index contributed by atoms with van der Waals surface area (Å²) in [6, 6.07) is 25.9. The van der Waals surface area contributed by atoms with E-state index in [1.54, 1.807) is 12.0 Å². The Bertz CT molecular complexity index is 1540. The van der Waals surface area contributed by atoms with E-state index < -0.39 is 0 Å². The maximum Gasteiger partial charge on any atom is 0.266 e. The number of ether oxygens (including phenoxy) is 2. The second kappa shape index (κ2) is 11.8. The summed E-state index contributed by atoms with van der Waals surface area (Å²) in [6.07, 6.45) is 1.89. The van der Waals surface area contributed by atoms with Crippen molar-refractivity contribution in [3.8, 4) is 11.5 Å². The summed E-state index contributed by atoms with van der Waals surface area (Å²) in [5.41, 5.74) is 2.75. The van der Waals surface area contributed by atoms with Crippen LogP contribution in [-0.4, -0.2) is 29.6 Å². The fourth-order valence-corrected chi connectivity index (χ4v) is 6.67. The average molecular weight is 652 g/mol. The third kappa shape index (κ3) is 5.67. The molecule has 5 rings (SSSR count). The van der Waals surface area contributed by atoms with E-state index in [1.807, 2.05) is 67.6 Å². The van der Waals surface area contributed by atoms with Gasteiger partial charge in [0.05, 0.1) is 26.6 Å². The first-order valence-electron chi connectivity index (χ1n) is 12.0. The lowest BCUT2D eigenvalue weighted by Crippen LogP contribution is -2.28. The van der Waals surface area contributed by atoms with Gasteiger partial charge in [-0.3, -0.25) is 9.69 Å². The minimum Gasteiger partial charge on any atom is -0.497 e. The fraction of sp³-hybridized carbons (Fsp3) is 0.133. The number of rotatable bonds is 7. The van der Waals surface area contributed by atoms with Crippen LogP contribution in [0.15, 0.2) is 97.7 Å². The van der Waals surface area contributed by atoms with E-state index in [4.69, 9.17) is 14.5 Å². The van der Waals surface area contributed by atoms with Gasteiger partial charge in [0.15, 0.2) is 5.17 Å². The second-order valence-electron chi connectivity index (χ2n) is 8.49. The van der Waals surface area contributed by atoms with Crippen molar-refractivity contribution >= 4 is 77.2 Å². The average Bonchev–Trinajstić information content (AvgIpc) is 3.21. The molecule has 0 aliphatic carbocycles. The molecule has 0 atom stereocenters. The van der Waals surface area contributed by atoms with Crippen LogP contribution in [0.4, 0.5) is 5.69 Å². The molecule has 0 bridgehead atoms. The lowest BCUT2D eigenvalue weighted by molar-refractivity contribution is -0.122. The van der Waals surface area contributed by atoms with E-state index >= 15 is 0 Å². The Labute approximate surface area is 242 Å². The molecule has 0 spiro atoms. The minimum atomic E-state index is -0.0618. The molecule has 1 aliphatic rings. The number of aliphatic imine (C=N–C) groups is 1. The zero-order valence-electron chi connectivity index (χ0n) is 20.8. The number of methoxy groups -OCH3 is 1. The van der Waals surface area contributed by atoms with Crippen LogP contribution in [0.5, 0.6) is 11.5 Å². The number of fused-ring (bicyclic) bond motifs is 1. The number of benzene rings is 4. The monoisotopic (exact) mass is 650 g/mol. The number of carbonyl (C=O) groups is 1. The fourth-order valence-electron chi connectivity index (χ4n) is 4.16. The summed E-state index contributed by atoms with van der Waals surface area (Å²) in [4.78, 5) is 20.1. The molecule has 1 fully saturated rings. The predicted octanol–water partition coefficient (Wildman–Crippen LogP) is 8.58. The van der Waals surface area contributed by atoms with Gasteiger partial charge in [-0.1, -0.05) is 42.5 Å². The summed E-state index contributed by atoms with van der Waals surface area (Å²) in [6.45, 7) is 2.91. The van der Waals surface area contributed by atoms with E-state index in [1.165, 1.54) is 22.5 Å². The minimum absolute atomic E-state index is 0.0618. The topological polar surface area (TPSA) is 51.1 Å². The molecular weight excluding hydrogens is 628 g/mol. The van der Waals surface area contributed by atoms with Crippen LogP contribution in [0, 0.1) is 0 Å². The molecular formula is C30H24Br2N2O3S. The first-order chi connectivity index (χ1) is 18.5. The number of amides is 1. The molecule has 1 saturated heterocycles. The van der Waals surface area contributed by atoms with Gasteiger partial charge in [-0.15, -0.1) is 0 Å². The van der Waals surface area contributed by atoms with Gasteiger partial charge in [0, 0.05) is 6.54 Å². The Morgan fingerprint density at radius 1 is 0.974 bits per heavy atom. The predicted molar refractivity (Wildman–Crippen MR) is 163 cm³/mol. The van der Waals surface area contributed by atoms with Crippen molar-refractivity contribution in [2.24, 2.45) is 4.99 Å². The molecule has 4 aromatic carbocycles. The molecule has 0 N–H and O–H groups in total. The number of hydrogen-bond acceptors (Lipinski definition) is 5. The van der Waals surface area contributed by atoms with Gasteiger partial charge in [0.1, 0.15) is 18.1 Å². The van der Waals surface area contributed by atoms with Crippen molar-refractivity contribution in [2.75, 3.05) is 13.7 Å². The molecule has 1 amide bonds. The maximum absolute atomic E-state index is 13.1. The van der Waals surface area contributed by atoms with E-state index in [2.05, 4.69) is 56.1 Å². The quantitative estimate of drug-likeness (QED) is 0.188. The molecule has 0 aromatic heterocycles. The molecule has 5 nitrogen and oxygen atoms in total. The van der Waals surface area contributed by atoms with Crippen molar-refractivity contribution in [1.82, 2.24) is 4.90 Å². The highest BCUT2D eigenvalue weighted by atomic mass is 79.9. The van der Waals surface area contributed by atoms with Gasteiger partial charge in [0.25, 0.3) is 5.91 Å². The van der Waals surface area contributed by atoms with Crippen LogP contribution < -0.4 is 9.47 Å². The molecule has 0 saturated carbocycles. The molecule has 38 heavy (non-hydrogen) atoms. The smallest absolute Gasteiger partial charge is 0.266 e. The van der Waals surface area contributed by atoms with Crippen molar-refractivity contribution in [3.05, 3.63) is 104 Å². The van der Waals surface area contributed by atoms with Crippen LogP contribution in [0.1, 0.15) is 18.1 Å². The van der Waals surface area contributed by atoms with Gasteiger partial charge in [0.2, 0.25) is 0 Å². The Balaban J connectivity index is 1.37. The van der Waals surface area contributed by atoms with E-state index in [9.17, 15) is 4.79 Å². The lowest BCUT2D eigenvalue weighted by atomic mass is 10.1. The zero-order valence-corrected chi connectivity index (χ0v) is 24.8. The van der Waals surface area contributed by atoms with Crippen LogP contribution in [-0.2, 0) is 11.4 Å². The number of nitrogens with zero attached hydrogens (tertiary/aromatic N) is 2. The van der Waals surface area contributed by atoms with Crippen LogP contribution in [0.2, 0.25) is 0 Å². The van der Waals surface area contributed by atoms with Crippen molar-refractivity contribution in [1.29, 1.82) is 0 Å². The maximum atomic E-state index is 13.1. The largest absolute Gasteiger partial charge is 0.497 e. The summed E-state index contributed by atoms with van der Waals surface area (Å²) < 4.78 is 13.0.